The molecule has 4 heteroatoms. The number of hydrogen-bond acceptors (Lipinski definition) is 3. The van der Waals surface area contributed by atoms with Gasteiger partial charge in [0.25, 0.3) is 0 Å². The molecule has 0 bridgehead atoms. The summed E-state index contributed by atoms with van der Waals surface area (Å²) < 4.78 is 0. The number of amides is 1. The van der Waals surface area contributed by atoms with E-state index in [1.54, 1.807) is 12.1 Å². The van der Waals surface area contributed by atoms with E-state index < -0.39 is 5.91 Å². The average molecular weight is 255 g/mol. The molecule has 0 radical (unpaired) electrons. The third-order valence-electron chi connectivity index (χ3n) is 2.97. The lowest BCUT2D eigenvalue weighted by molar-refractivity contribution is 0.100. The molecular formula is C15H17N3O. The number of benzene rings is 2. The van der Waals surface area contributed by atoms with E-state index in [2.05, 4.69) is 4.90 Å². The van der Waals surface area contributed by atoms with Crippen molar-refractivity contribution in [3.8, 4) is 0 Å². The maximum absolute atomic E-state index is 11.0. The highest BCUT2D eigenvalue weighted by molar-refractivity contribution is 5.92. The van der Waals surface area contributed by atoms with Gasteiger partial charge in [-0.05, 0) is 35.9 Å². The van der Waals surface area contributed by atoms with Crippen LogP contribution in [-0.4, -0.2) is 13.0 Å². The Kier molecular flexibility index (Phi) is 3.71. The van der Waals surface area contributed by atoms with Gasteiger partial charge in [-0.1, -0.05) is 18.2 Å². The Morgan fingerprint density at radius 2 is 1.84 bits per heavy atom. The van der Waals surface area contributed by atoms with Crippen molar-refractivity contribution in [2.45, 2.75) is 6.54 Å². The van der Waals surface area contributed by atoms with Crippen molar-refractivity contribution in [1.29, 1.82) is 0 Å². The number of hydrogen-bond donors (Lipinski definition) is 2. The Bertz CT molecular complexity index is 578. The third-order valence-corrected chi connectivity index (χ3v) is 2.97. The lowest BCUT2D eigenvalue weighted by atomic mass is 10.1. The first kappa shape index (κ1) is 13.0. The van der Waals surface area contributed by atoms with Crippen molar-refractivity contribution in [3.05, 3.63) is 59.7 Å². The van der Waals surface area contributed by atoms with Crippen molar-refractivity contribution < 1.29 is 4.79 Å². The molecule has 2 rings (SSSR count). The van der Waals surface area contributed by atoms with Crippen molar-refractivity contribution in [3.63, 3.8) is 0 Å². The molecule has 0 aliphatic heterocycles. The third kappa shape index (κ3) is 3.25. The zero-order valence-electron chi connectivity index (χ0n) is 10.8. The molecule has 19 heavy (non-hydrogen) atoms. The number of primary amides is 1. The number of carbonyl (C=O) groups excluding carboxylic acids is 1. The molecule has 0 saturated heterocycles. The molecule has 2 aromatic rings. The summed E-state index contributed by atoms with van der Waals surface area (Å²) in [6, 6.07) is 15.0. The molecule has 0 heterocycles. The minimum atomic E-state index is -0.407. The Morgan fingerprint density at radius 3 is 2.42 bits per heavy atom. The van der Waals surface area contributed by atoms with E-state index >= 15 is 0 Å². The van der Waals surface area contributed by atoms with Gasteiger partial charge in [-0.15, -0.1) is 0 Å². The molecule has 0 saturated carbocycles. The molecule has 1 amide bonds. The molecule has 98 valence electrons. The van der Waals surface area contributed by atoms with Crippen LogP contribution < -0.4 is 16.4 Å². The summed E-state index contributed by atoms with van der Waals surface area (Å²) in [4.78, 5) is 13.1. The van der Waals surface area contributed by atoms with Gasteiger partial charge in [-0.2, -0.15) is 0 Å². The monoisotopic (exact) mass is 255 g/mol. The quantitative estimate of drug-likeness (QED) is 0.821. The van der Waals surface area contributed by atoms with Crippen LogP contribution in [0.1, 0.15) is 15.9 Å². The van der Waals surface area contributed by atoms with Crippen molar-refractivity contribution in [2.75, 3.05) is 17.7 Å². The number of anilines is 2. The molecule has 0 spiro atoms. The predicted octanol–water partition coefficient (Wildman–Crippen LogP) is 2.00. The molecule has 0 fully saturated rings. The predicted molar refractivity (Wildman–Crippen MR) is 77.9 cm³/mol. The van der Waals surface area contributed by atoms with Crippen LogP contribution in [0.25, 0.3) is 0 Å². The second-order valence-electron chi connectivity index (χ2n) is 4.51. The molecule has 0 aromatic heterocycles. The SMILES string of the molecule is CN(Cc1ccc(C(N)=O)cc1)c1cccc(N)c1. The summed E-state index contributed by atoms with van der Waals surface area (Å²) in [7, 11) is 2.00. The summed E-state index contributed by atoms with van der Waals surface area (Å²) in [5, 5.41) is 0. The molecular weight excluding hydrogens is 238 g/mol. The van der Waals surface area contributed by atoms with Gasteiger partial charge in [0, 0.05) is 30.5 Å². The minimum absolute atomic E-state index is 0.407. The van der Waals surface area contributed by atoms with E-state index in [4.69, 9.17) is 11.5 Å². The first-order chi connectivity index (χ1) is 9.06. The summed E-state index contributed by atoms with van der Waals surface area (Å²) >= 11 is 0. The maximum atomic E-state index is 11.0. The lowest BCUT2D eigenvalue weighted by Crippen LogP contribution is -2.17. The standard InChI is InChI=1S/C15H17N3O/c1-18(14-4-2-3-13(16)9-14)10-11-5-7-12(8-6-11)15(17)19/h2-9H,10,16H2,1H3,(H2,17,19). The van der Waals surface area contributed by atoms with E-state index in [0.717, 1.165) is 23.5 Å². The average Bonchev–Trinajstić information content (AvgIpc) is 2.39. The molecule has 4 nitrogen and oxygen atoms in total. The number of nitrogen functional groups attached to an aromatic ring is 1. The smallest absolute Gasteiger partial charge is 0.248 e. The Balaban J connectivity index is 2.10. The Morgan fingerprint density at radius 1 is 1.16 bits per heavy atom. The van der Waals surface area contributed by atoms with Crippen molar-refractivity contribution in [2.24, 2.45) is 5.73 Å². The fourth-order valence-corrected chi connectivity index (χ4v) is 1.90. The Hall–Kier alpha value is -2.49. The van der Waals surface area contributed by atoms with E-state index in [-0.39, 0.29) is 0 Å². The zero-order valence-corrected chi connectivity index (χ0v) is 10.8. The maximum Gasteiger partial charge on any atom is 0.248 e. The number of carbonyl (C=O) groups is 1. The molecule has 2 aromatic carbocycles. The van der Waals surface area contributed by atoms with E-state index in [0.29, 0.717) is 5.56 Å². The van der Waals surface area contributed by atoms with Crippen LogP contribution in [0.15, 0.2) is 48.5 Å². The van der Waals surface area contributed by atoms with Crippen LogP contribution in [0, 0.1) is 0 Å². The zero-order chi connectivity index (χ0) is 13.8. The second kappa shape index (κ2) is 5.44. The topological polar surface area (TPSA) is 72.3 Å². The first-order valence-electron chi connectivity index (χ1n) is 6.01. The summed E-state index contributed by atoms with van der Waals surface area (Å²) in [5.41, 5.74) is 14.4. The molecule has 0 aliphatic carbocycles. The Labute approximate surface area is 112 Å². The minimum Gasteiger partial charge on any atom is -0.399 e. The van der Waals surface area contributed by atoms with Gasteiger partial charge in [0.05, 0.1) is 0 Å². The van der Waals surface area contributed by atoms with Crippen LogP contribution >= 0.6 is 0 Å². The normalized spacial score (nSPS) is 10.2. The second-order valence-corrected chi connectivity index (χ2v) is 4.51. The van der Waals surface area contributed by atoms with Crippen LogP contribution in [0.2, 0.25) is 0 Å². The summed E-state index contributed by atoms with van der Waals surface area (Å²) in [6.45, 7) is 0.739. The highest BCUT2D eigenvalue weighted by Gasteiger charge is 2.04. The van der Waals surface area contributed by atoms with E-state index in [9.17, 15) is 4.79 Å². The van der Waals surface area contributed by atoms with Gasteiger partial charge in [0.1, 0.15) is 0 Å². The number of rotatable bonds is 4. The fourth-order valence-electron chi connectivity index (χ4n) is 1.90. The van der Waals surface area contributed by atoms with Gasteiger partial charge in [-0.25, -0.2) is 0 Å². The highest BCUT2D eigenvalue weighted by atomic mass is 16.1. The summed E-state index contributed by atoms with van der Waals surface area (Å²) in [6.07, 6.45) is 0. The lowest BCUT2D eigenvalue weighted by Gasteiger charge is -2.19. The van der Waals surface area contributed by atoms with Crippen LogP contribution in [0.3, 0.4) is 0 Å². The van der Waals surface area contributed by atoms with Gasteiger partial charge in [-0.3, -0.25) is 4.79 Å². The molecule has 0 aliphatic rings. The van der Waals surface area contributed by atoms with E-state index in [1.807, 2.05) is 43.4 Å². The largest absolute Gasteiger partial charge is 0.399 e. The van der Waals surface area contributed by atoms with Crippen LogP contribution in [0.4, 0.5) is 11.4 Å². The van der Waals surface area contributed by atoms with Crippen molar-refractivity contribution in [1.82, 2.24) is 0 Å². The summed E-state index contributed by atoms with van der Waals surface area (Å²) in [5.74, 6) is -0.407. The van der Waals surface area contributed by atoms with Gasteiger partial charge in [0.15, 0.2) is 0 Å². The van der Waals surface area contributed by atoms with Crippen LogP contribution in [0.5, 0.6) is 0 Å². The fraction of sp³-hybridized carbons (Fsp3) is 0.133. The van der Waals surface area contributed by atoms with Gasteiger partial charge < -0.3 is 16.4 Å². The van der Waals surface area contributed by atoms with Gasteiger partial charge in [0.2, 0.25) is 5.91 Å². The van der Waals surface area contributed by atoms with Crippen molar-refractivity contribution >= 4 is 17.3 Å². The first-order valence-corrected chi connectivity index (χ1v) is 6.01. The number of nitrogens with zero attached hydrogens (tertiary/aromatic N) is 1. The highest BCUT2D eigenvalue weighted by Crippen LogP contribution is 2.18. The molecule has 4 N–H and O–H groups in total. The molecule has 0 unspecified atom stereocenters. The van der Waals surface area contributed by atoms with Gasteiger partial charge >= 0.3 is 0 Å². The van der Waals surface area contributed by atoms with E-state index in [1.165, 1.54) is 0 Å². The van der Waals surface area contributed by atoms with Crippen LogP contribution in [-0.2, 0) is 6.54 Å². The number of nitrogens with two attached hydrogens (primary N) is 2. The molecule has 0 atom stereocenters.